The van der Waals surface area contributed by atoms with E-state index in [0.717, 1.165) is 5.56 Å². The van der Waals surface area contributed by atoms with E-state index in [4.69, 9.17) is 16.7 Å². The van der Waals surface area contributed by atoms with Crippen LogP contribution in [-0.2, 0) is 0 Å². The van der Waals surface area contributed by atoms with Crippen LogP contribution in [0.4, 0.5) is 0 Å². The molecule has 0 amide bonds. The minimum atomic E-state index is -1.10. The predicted molar refractivity (Wildman–Crippen MR) is 67.4 cm³/mol. The third-order valence-corrected chi connectivity index (χ3v) is 2.84. The molecule has 0 aliphatic rings. The molecule has 2 rings (SSSR count). The number of hydrogen-bond acceptors (Lipinski definition) is 2. The molecule has 0 aliphatic carbocycles. The highest BCUT2D eigenvalue weighted by Gasteiger charge is 2.15. The van der Waals surface area contributed by atoms with Crippen LogP contribution in [0.15, 0.2) is 30.5 Å². The highest BCUT2D eigenvalue weighted by Crippen LogP contribution is 2.19. The van der Waals surface area contributed by atoms with Crippen LogP contribution in [0.3, 0.4) is 0 Å². The largest absolute Gasteiger partial charge is 0.477 e. The van der Waals surface area contributed by atoms with Crippen LogP contribution in [0.1, 0.15) is 32.0 Å². The molecule has 4 nitrogen and oxygen atoms in total. The monoisotopic (exact) mass is 263 g/mol. The molecule has 0 spiro atoms. The second-order valence-electron chi connectivity index (χ2n) is 3.90. The van der Waals surface area contributed by atoms with Gasteiger partial charge in [-0.05, 0) is 36.8 Å². The highest BCUT2D eigenvalue weighted by atomic mass is 35.5. The highest BCUT2D eigenvalue weighted by molar-refractivity contribution is 6.30. The molecular weight excluding hydrogens is 254 g/mol. The van der Waals surface area contributed by atoms with E-state index in [2.05, 4.69) is 4.98 Å². The quantitative estimate of drug-likeness (QED) is 0.837. The van der Waals surface area contributed by atoms with Gasteiger partial charge in [0.2, 0.25) is 0 Å². The molecule has 5 heteroatoms. The maximum absolute atomic E-state index is 12.2. The van der Waals surface area contributed by atoms with E-state index in [9.17, 15) is 9.59 Å². The maximum atomic E-state index is 12.2. The van der Waals surface area contributed by atoms with Gasteiger partial charge in [-0.15, -0.1) is 0 Å². The molecule has 2 N–H and O–H groups in total. The van der Waals surface area contributed by atoms with Crippen molar-refractivity contribution in [1.29, 1.82) is 0 Å². The first kappa shape index (κ1) is 12.4. The average molecular weight is 264 g/mol. The lowest BCUT2D eigenvalue weighted by Gasteiger charge is -2.03. The van der Waals surface area contributed by atoms with E-state index in [0.29, 0.717) is 16.1 Å². The second-order valence-corrected chi connectivity index (χ2v) is 4.33. The Balaban J connectivity index is 2.38. The third kappa shape index (κ3) is 2.28. The number of rotatable bonds is 3. The van der Waals surface area contributed by atoms with Crippen molar-refractivity contribution in [2.24, 2.45) is 0 Å². The Kier molecular flexibility index (Phi) is 3.21. The molecule has 0 bridgehead atoms. The molecule has 1 aromatic carbocycles. The van der Waals surface area contributed by atoms with Gasteiger partial charge < -0.3 is 10.1 Å². The molecule has 0 aliphatic heterocycles. The number of aromatic nitrogens is 1. The van der Waals surface area contributed by atoms with Crippen molar-refractivity contribution in [2.45, 2.75) is 6.92 Å². The zero-order valence-electron chi connectivity index (χ0n) is 9.53. The molecule has 0 saturated heterocycles. The van der Waals surface area contributed by atoms with Crippen LogP contribution in [0.5, 0.6) is 0 Å². The summed E-state index contributed by atoms with van der Waals surface area (Å²) < 4.78 is 0. The van der Waals surface area contributed by atoms with E-state index < -0.39 is 5.97 Å². The first-order valence-electron chi connectivity index (χ1n) is 5.21. The summed E-state index contributed by atoms with van der Waals surface area (Å²) >= 11 is 5.82. The Labute approximate surface area is 108 Å². The summed E-state index contributed by atoms with van der Waals surface area (Å²) in [5, 5.41) is 9.34. The van der Waals surface area contributed by atoms with E-state index in [1.807, 2.05) is 0 Å². The van der Waals surface area contributed by atoms with Gasteiger partial charge in [0.05, 0.1) is 0 Å². The Morgan fingerprint density at radius 2 is 2.00 bits per heavy atom. The molecule has 1 heterocycles. The Morgan fingerprint density at radius 3 is 2.56 bits per heavy atom. The van der Waals surface area contributed by atoms with Crippen molar-refractivity contribution < 1.29 is 14.7 Å². The molecule has 1 aromatic heterocycles. The zero-order chi connectivity index (χ0) is 13.3. The molecule has 18 heavy (non-hydrogen) atoms. The summed E-state index contributed by atoms with van der Waals surface area (Å²) in [5.74, 6) is -1.32. The third-order valence-electron chi connectivity index (χ3n) is 2.61. The standard InChI is InChI=1S/C13H10ClNO3/c1-7-4-9(14)2-3-10(7)12(16)8-5-11(13(17)18)15-6-8/h2-6,15H,1H3,(H,17,18). The van der Waals surface area contributed by atoms with E-state index in [1.165, 1.54) is 12.3 Å². The Morgan fingerprint density at radius 1 is 1.28 bits per heavy atom. The van der Waals surface area contributed by atoms with Crippen molar-refractivity contribution in [3.05, 3.63) is 57.9 Å². The lowest BCUT2D eigenvalue weighted by Crippen LogP contribution is -2.02. The van der Waals surface area contributed by atoms with E-state index in [-0.39, 0.29) is 11.5 Å². The number of aromatic amines is 1. The number of aryl methyl sites for hydroxylation is 1. The van der Waals surface area contributed by atoms with Crippen LogP contribution in [0.25, 0.3) is 0 Å². The van der Waals surface area contributed by atoms with Crippen molar-refractivity contribution in [3.63, 3.8) is 0 Å². The van der Waals surface area contributed by atoms with Crippen LogP contribution in [0, 0.1) is 6.92 Å². The summed E-state index contributed by atoms with van der Waals surface area (Å²) in [4.78, 5) is 25.4. The number of halogens is 1. The zero-order valence-corrected chi connectivity index (χ0v) is 10.3. The molecule has 0 unspecified atom stereocenters. The fourth-order valence-corrected chi connectivity index (χ4v) is 1.91. The topological polar surface area (TPSA) is 70.2 Å². The first-order chi connectivity index (χ1) is 8.49. The van der Waals surface area contributed by atoms with Crippen molar-refractivity contribution >= 4 is 23.4 Å². The van der Waals surface area contributed by atoms with Gasteiger partial charge in [-0.2, -0.15) is 0 Å². The predicted octanol–water partition coefficient (Wildman–Crippen LogP) is 2.91. The van der Waals surface area contributed by atoms with Gasteiger partial charge in [-0.25, -0.2) is 4.79 Å². The van der Waals surface area contributed by atoms with Crippen molar-refractivity contribution in [2.75, 3.05) is 0 Å². The second kappa shape index (κ2) is 4.66. The SMILES string of the molecule is Cc1cc(Cl)ccc1C(=O)c1c[nH]c(C(=O)O)c1. The van der Waals surface area contributed by atoms with Crippen LogP contribution in [0.2, 0.25) is 5.02 Å². The fourth-order valence-electron chi connectivity index (χ4n) is 1.69. The normalized spacial score (nSPS) is 10.3. The van der Waals surface area contributed by atoms with Gasteiger partial charge in [0, 0.05) is 22.3 Å². The molecule has 0 atom stereocenters. The minimum absolute atomic E-state index is 0.00929. The summed E-state index contributed by atoms with van der Waals surface area (Å²) in [6.07, 6.45) is 1.39. The number of ketones is 1. The maximum Gasteiger partial charge on any atom is 0.352 e. The van der Waals surface area contributed by atoms with E-state index >= 15 is 0 Å². The smallest absolute Gasteiger partial charge is 0.352 e. The van der Waals surface area contributed by atoms with Gasteiger partial charge in [0.1, 0.15) is 5.69 Å². The van der Waals surface area contributed by atoms with E-state index in [1.54, 1.807) is 25.1 Å². The Hall–Kier alpha value is -2.07. The lowest BCUT2D eigenvalue weighted by molar-refractivity contribution is 0.0691. The molecule has 92 valence electrons. The number of carboxylic acid groups (broad SMARTS) is 1. The van der Waals surface area contributed by atoms with Crippen LogP contribution in [-0.4, -0.2) is 21.8 Å². The number of carboxylic acids is 1. The number of nitrogens with one attached hydrogen (secondary N) is 1. The summed E-state index contributed by atoms with van der Waals surface area (Å²) in [5.41, 5.74) is 1.57. The average Bonchev–Trinajstić information content (AvgIpc) is 2.77. The van der Waals surface area contributed by atoms with Gasteiger partial charge in [0.15, 0.2) is 5.78 Å². The van der Waals surface area contributed by atoms with Crippen molar-refractivity contribution in [1.82, 2.24) is 4.98 Å². The molecule has 0 fully saturated rings. The summed E-state index contributed by atoms with van der Waals surface area (Å²) in [6.45, 7) is 1.78. The first-order valence-corrected chi connectivity index (χ1v) is 5.59. The number of aromatic carboxylic acids is 1. The number of carbonyl (C=O) groups excluding carboxylic acids is 1. The molecule has 0 radical (unpaired) electrons. The van der Waals surface area contributed by atoms with Gasteiger partial charge in [0.25, 0.3) is 0 Å². The molecule has 2 aromatic rings. The number of benzene rings is 1. The fraction of sp³-hybridized carbons (Fsp3) is 0.0769. The summed E-state index contributed by atoms with van der Waals surface area (Å²) in [7, 11) is 0. The Bertz CT molecular complexity index is 631. The number of hydrogen-bond donors (Lipinski definition) is 2. The van der Waals surface area contributed by atoms with Gasteiger partial charge in [-0.1, -0.05) is 11.6 Å². The molecular formula is C13H10ClNO3. The van der Waals surface area contributed by atoms with Crippen LogP contribution < -0.4 is 0 Å². The summed E-state index contributed by atoms with van der Waals surface area (Å²) in [6, 6.07) is 6.28. The van der Waals surface area contributed by atoms with Gasteiger partial charge >= 0.3 is 5.97 Å². The van der Waals surface area contributed by atoms with Gasteiger partial charge in [-0.3, -0.25) is 4.79 Å². The minimum Gasteiger partial charge on any atom is -0.477 e. The number of carbonyl (C=O) groups is 2. The van der Waals surface area contributed by atoms with Crippen LogP contribution >= 0.6 is 11.6 Å². The lowest BCUT2D eigenvalue weighted by atomic mass is 10.0. The number of H-pyrrole nitrogens is 1. The molecule has 0 saturated carbocycles. The van der Waals surface area contributed by atoms with Crippen molar-refractivity contribution in [3.8, 4) is 0 Å².